The van der Waals surface area contributed by atoms with E-state index in [4.69, 9.17) is 4.98 Å². The second-order valence-electron chi connectivity index (χ2n) is 7.58. The number of hydrogen-bond donors (Lipinski definition) is 1. The highest BCUT2D eigenvalue weighted by atomic mass is 16.1. The second kappa shape index (κ2) is 7.14. The molecule has 5 heteroatoms. The van der Waals surface area contributed by atoms with E-state index in [0.29, 0.717) is 0 Å². The summed E-state index contributed by atoms with van der Waals surface area (Å²) in [5.41, 5.74) is 6.75. The smallest absolute Gasteiger partial charge is 0.231 e. The van der Waals surface area contributed by atoms with Crippen molar-refractivity contribution in [2.45, 2.75) is 53.4 Å². The molecule has 0 spiro atoms. The van der Waals surface area contributed by atoms with Gasteiger partial charge in [-0.25, -0.2) is 0 Å². The van der Waals surface area contributed by atoms with Gasteiger partial charge in [0.1, 0.15) is 0 Å². The van der Waals surface area contributed by atoms with Gasteiger partial charge in [-0.15, -0.1) is 0 Å². The Bertz CT molecular complexity index is 1020. The van der Waals surface area contributed by atoms with Gasteiger partial charge in [-0.1, -0.05) is 32.0 Å². The summed E-state index contributed by atoms with van der Waals surface area (Å²) in [6.07, 6.45) is 0. The first-order chi connectivity index (χ1) is 12.7. The van der Waals surface area contributed by atoms with Crippen molar-refractivity contribution in [2.75, 3.05) is 5.32 Å². The number of rotatable bonds is 4. The predicted octanol–water partition coefficient (Wildman–Crippen LogP) is 4.76. The molecule has 1 atom stereocenters. The molecule has 3 aromatic rings. The number of aromatic nitrogens is 3. The quantitative estimate of drug-likeness (QED) is 0.726. The topological polar surface area (TPSA) is 59.8 Å². The summed E-state index contributed by atoms with van der Waals surface area (Å²) in [6.45, 7) is 12.2. The van der Waals surface area contributed by atoms with E-state index in [0.717, 1.165) is 44.8 Å². The van der Waals surface area contributed by atoms with E-state index >= 15 is 0 Å². The van der Waals surface area contributed by atoms with Crippen LogP contribution in [0, 0.1) is 20.8 Å². The molecule has 1 N–H and O–H groups in total. The number of amides is 1. The number of para-hydroxylation sites is 1. The van der Waals surface area contributed by atoms with Gasteiger partial charge in [0.05, 0.1) is 22.8 Å². The van der Waals surface area contributed by atoms with Crippen molar-refractivity contribution in [1.29, 1.82) is 0 Å². The van der Waals surface area contributed by atoms with E-state index in [1.54, 1.807) is 0 Å². The van der Waals surface area contributed by atoms with E-state index in [9.17, 15) is 4.79 Å². The van der Waals surface area contributed by atoms with Gasteiger partial charge in [-0.05, 0) is 39.7 Å². The van der Waals surface area contributed by atoms with E-state index in [1.807, 2.05) is 63.7 Å². The Labute approximate surface area is 160 Å². The molecule has 5 nitrogen and oxygen atoms in total. The number of hydrogen-bond acceptors (Lipinski definition) is 3. The van der Waals surface area contributed by atoms with Crippen LogP contribution in [0.5, 0.6) is 0 Å². The first kappa shape index (κ1) is 19.1. The van der Waals surface area contributed by atoms with Gasteiger partial charge in [0.25, 0.3) is 0 Å². The Balaban J connectivity index is 2.08. The fraction of sp³-hybridized carbons (Fsp3) is 0.409. The maximum absolute atomic E-state index is 13.2. The van der Waals surface area contributed by atoms with Gasteiger partial charge in [0, 0.05) is 34.9 Å². The predicted molar refractivity (Wildman–Crippen MR) is 110 cm³/mol. The van der Waals surface area contributed by atoms with Crippen LogP contribution >= 0.6 is 0 Å². The van der Waals surface area contributed by atoms with Crippen LogP contribution in [0.15, 0.2) is 24.3 Å². The molecule has 0 saturated heterocycles. The number of carbonyl (C=O) groups excluding carboxylic acids is 1. The lowest BCUT2D eigenvalue weighted by Crippen LogP contribution is -2.21. The SMILES string of the molecule is Cc1nc2ccccc2c(NC(=O)C(C)c2c(C)nn(C)c2C)c1C(C)C. The first-order valence-corrected chi connectivity index (χ1v) is 9.42. The molecule has 0 aliphatic rings. The maximum Gasteiger partial charge on any atom is 0.231 e. The molecule has 0 bridgehead atoms. The molecular weight excluding hydrogens is 336 g/mol. The molecule has 0 saturated carbocycles. The lowest BCUT2D eigenvalue weighted by molar-refractivity contribution is -0.117. The zero-order chi connectivity index (χ0) is 19.9. The first-order valence-electron chi connectivity index (χ1n) is 9.42. The van der Waals surface area contributed by atoms with Gasteiger partial charge >= 0.3 is 0 Å². The average Bonchev–Trinajstić information content (AvgIpc) is 2.85. The standard InChI is InChI=1S/C22H28N4O/c1-12(2)19-14(4)23-18-11-9-8-10-17(18)21(19)24-22(27)13(3)20-15(5)25-26(7)16(20)6/h8-13H,1-7H3,(H,23,24,27). The average molecular weight is 364 g/mol. The van der Waals surface area contributed by atoms with E-state index < -0.39 is 0 Å². The summed E-state index contributed by atoms with van der Waals surface area (Å²) in [5.74, 6) is -0.0487. The minimum Gasteiger partial charge on any atom is -0.325 e. The Hall–Kier alpha value is -2.69. The van der Waals surface area contributed by atoms with E-state index in [1.165, 1.54) is 0 Å². The molecule has 3 rings (SSSR count). The summed E-state index contributed by atoms with van der Waals surface area (Å²) >= 11 is 0. The summed E-state index contributed by atoms with van der Waals surface area (Å²) in [7, 11) is 1.91. The number of anilines is 1. The zero-order valence-electron chi connectivity index (χ0n) is 17.2. The van der Waals surface area contributed by atoms with Crippen molar-refractivity contribution in [2.24, 2.45) is 7.05 Å². The Morgan fingerprint density at radius 1 is 1.04 bits per heavy atom. The summed E-state index contributed by atoms with van der Waals surface area (Å²) in [5, 5.41) is 8.66. The highest BCUT2D eigenvalue weighted by molar-refractivity contribution is 6.04. The van der Waals surface area contributed by atoms with Crippen LogP contribution in [-0.2, 0) is 11.8 Å². The number of pyridine rings is 1. The van der Waals surface area contributed by atoms with Crippen molar-refractivity contribution < 1.29 is 4.79 Å². The minimum atomic E-state index is -0.286. The Kier molecular flexibility index (Phi) is 5.05. The minimum absolute atomic E-state index is 0.0214. The van der Waals surface area contributed by atoms with Crippen LogP contribution in [0.2, 0.25) is 0 Å². The highest BCUT2D eigenvalue weighted by Crippen LogP contribution is 2.34. The highest BCUT2D eigenvalue weighted by Gasteiger charge is 2.25. The number of nitrogens with zero attached hydrogens (tertiary/aromatic N) is 3. The molecule has 142 valence electrons. The van der Waals surface area contributed by atoms with Crippen molar-refractivity contribution in [1.82, 2.24) is 14.8 Å². The fourth-order valence-electron chi connectivity index (χ4n) is 3.97. The monoisotopic (exact) mass is 364 g/mol. The molecule has 2 aromatic heterocycles. The van der Waals surface area contributed by atoms with E-state index in [-0.39, 0.29) is 17.7 Å². The van der Waals surface area contributed by atoms with E-state index in [2.05, 4.69) is 24.3 Å². The van der Waals surface area contributed by atoms with Crippen LogP contribution < -0.4 is 5.32 Å². The zero-order valence-corrected chi connectivity index (χ0v) is 17.2. The number of aryl methyl sites for hydroxylation is 3. The molecule has 1 unspecified atom stereocenters. The normalized spacial score (nSPS) is 12.6. The summed E-state index contributed by atoms with van der Waals surface area (Å²) < 4.78 is 1.83. The van der Waals surface area contributed by atoms with Crippen LogP contribution in [0.4, 0.5) is 5.69 Å². The molecule has 1 aromatic carbocycles. The lowest BCUT2D eigenvalue weighted by atomic mass is 9.94. The van der Waals surface area contributed by atoms with Crippen LogP contribution in [-0.4, -0.2) is 20.7 Å². The maximum atomic E-state index is 13.2. The largest absolute Gasteiger partial charge is 0.325 e. The van der Waals surface area contributed by atoms with Gasteiger partial charge in [-0.3, -0.25) is 14.5 Å². The summed E-state index contributed by atoms with van der Waals surface area (Å²) in [6, 6.07) is 7.97. The van der Waals surface area contributed by atoms with Crippen LogP contribution in [0.1, 0.15) is 60.8 Å². The van der Waals surface area contributed by atoms with Crippen LogP contribution in [0.25, 0.3) is 10.9 Å². The van der Waals surface area contributed by atoms with Gasteiger partial charge in [0.15, 0.2) is 0 Å². The molecule has 0 radical (unpaired) electrons. The van der Waals surface area contributed by atoms with Crippen LogP contribution in [0.3, 0.4) is 0 Å². The molecule has 0 fully saturated rings. The van der Waals surface area contributed by atoms with Crippen molar-refractivity contribution in [3.05, 3.63) is 52.5 Å². The van der Waals surface area contributed by atoms with Gasteiger partial charge < -0.3 is 5.32 Å². The van der Waals surface area contributed by atoms with Crippen molar-refractivity contribution in [3.8, 4) is 0 Å². The molecule has 2 heterocycles. The lowest BCUT2D eigenvalue weighted by Gasteiger charge is -2.21. The molecule has 27 heavy (non-hydrogen) atoms. The van der Waals surface area contributed by atoms with Gasteiger partial charge in [0.2, 0.25) is 5.91 Å². The van der Waals surface area contributed by atoms with Crippen molar-refractivity contribution in [3.63, 3.8) is 0 Å². The fourth-order valence-corrected chi connectivity index (χ4v) is 3.97. The second-order valence-corrected chi connectivity index (χ2v) is 7.58. The van der Waals surface area contributed by atoms with Gasteiger partial charge in [-0.2, -0.15) is 5.10 Å². The number of benzene rings is 1. The third kappa shape index (κ3) is 3.34. The van der Waals surface area contributed by atoms with Crippen molar-refractivity contribution >= 4 is 22.5 Å². The number of carbonyl (C=O) groups is 1. The molecular formula is C22H28N4O. The Morgan fingerprint density at radius 3 is 2.30 bits per heavy atom. The molecule has 0 aliphatic carbocycles. The molecule has 1 amide bonds. The third-order valence-electron chi connectivity index (χ3n) is 5.34. The number of fused-ring (bicyclic) bond motifs is 1. The third-order valence-corrected chi connectivity index (χ3v) is 5.34. The number of nitrogens with one attached hydrogen (secondary N) is 1. The Morgan fingerprint density at radius 2 is 1.70 bits per heavy atom. The summed E-state index contributed by atoms with van der Waals surface area (Å²) in [4.78, 5) is 17.9. The molecule has 0 aliphatic heterocycles.